The first kappa shape index (κ1) is 22.6. The molecule has 1 N–H and O–H groups in total. The first-order valence-corrected chi connectivity index (χ1v) is 10.9. The van der Waals surface area contributed by atoms with Crippen LogP contribution in [0.1, 0.15) is 35.5 Å². The maximum absolute atomic E-state index is 13.2. The number of rotatable bonds is 10. The molecule has 2 aromatic heterocycles. The van der Waals surface area contributed by atoms with E-state index in [2.05, 4.69) is 10.5 Å². The van der Waals surface area contributed by atoms with Gasteiger partial charge in [0, 0.05) is 37.7 Å². The van der Waals surface area contributed by atoms with Crippen LogP contribution in [-0.2, 0) is 16.1 Å². The van der Waals surface area contributed by atoms with Crippen molar-refractivity contribution < 1.29 is 28.0 Å². The van der Waals surface area contributed by atoms with Crippen LogP contribution in [0.25, 0.3) is 11.3 Å². The number of hydrogen-bond acceptors (Lipinski definition) is 7. The number of carbonyl (C=O) groups is 2. The topological polar surface area (TPSA) is 107 Å². The number of amides is 2. The Morgan fingerprint density at radius 1 is 1.24 bits per heavy atom. The smallest absolute Gasteiger partial charge is 0.276 e. The maximum Gasteiger partial charge on any atom is 0.276 e. The SMILES string of the molecule is COc1ccc(-c2cc(C(=O)N(CCC(=O)NCc3ccco3)CC3CCCO3)no2)cc1. The summed E-state index contributed by atoms with van der Waals surface area (Å²) in [6.45, 7) is 1.63. The van der Waals surface area contributed by atoms with Gasteiger partial charge in [-0.3, -0.25) is 9.59 Å². The highest BCUT2D eigenvalue weighted by atomic mass is 16.5. The van der Waals surface area contributed by atoms with Crippen LogP contribution in [0.2, 0.25) is 0 Å². The maximum atomic E-state index is 13.2. The molecule has 2 amide bonds. The fourth-order valence-corrected chi connectivity index (χ4v) is 3.66. The molecule has 1 aliphatic rings. The monoisotopic (exact) mass is 453 g/mol. The molecular formula is C24H27N3O6. The highest BCUT2D eigenvalue weighted by molar-refractivity contribution is 5.93. The fraction of sp³-hybridized carbons (Fsp3) is 0.375. The number of nitrogens with zero attached hydrogens (tertiary/aromatic N) is 2. The van der Waals surface area contributed by atoms with E-state index in [-0.39, 0.29) is 36.6 Å². The van der Waals surface area contributed by atoms with Crippen LogP contribution < -0.4 is 10.1 Å². The van der Waals surface area contributed by atoms with Gasteiger partial charge in [0.2, 0.25) is 5.91 Å². The molecule has 1 saturated heterocycles. The second-order valence-electron chi connectivity index (χ2n) is 7.80. The molecular weight excluding hydrogens is 426 g/mol. The van der Waals surface area contributed by atoms with Gasteiger partial charge < -0.3 is 28.6 Å². The highest BCUT2D eigenvalue weighted by Crippen LogP contribution is 2.24. The van der Waals surface area contributed by atoms with Crippen molar-refractivity contribution in [1.82, 2.24) is 15.4 Å². The van der Waals surface area contributed by atoms with Crippen molar-refractivity contribution in [3.63, 3.8) is 0 Å². The molecule has 0 radical (unpaired) electrons. The molecule has 0 spiro atoms. The van der Waals surface area contributed by atoms with E-state index in [1.54, 1.807) is 36.5 Å². The van der Waals surface area contributed by atoms with Crippen LogP contribution >= 0.6 is 0 Å². The molecule has 4 rings (SSSR count). The van der Waals surface area contributed by atoms with E-state index in [1.165, 1.54) is 0 Å². The molecule has 174 valence electrons. The van der Waals surface area contributed by atoms with Crippen molar-refractivity contribution in [2.45, 2.75) is 31.9 Å². The lowest BCUT2D eigenvalue weighted by Crippen LogP contribution is -2.40. The van der Waals surface area contributed by atoms with E-state index in [0.717, 1.165) is 24.2 Å². The molecule has 9 heteroatoms. The number of furan rings is 1. The van der Waals surface area contributed by atoms with Gasteiger partial charge in [-0.25, -0.2) is 0 Å². The molecule has 9 nitrogen and oxygen atoms in total. The van der Waals surface area contributed by atoms with Crippen LogP contribution in [0.15, 0.2) is 57.7 Å². The van der Waals surface area contributed by atoms with Crippen molar-refractivity contribution in [2.24, 2.45) is 0 Å². The number of methoxy groups -OCH3 is 1. The molecule has 0 bridgehead atoms. The van der Waals surface area contributed by atoms with Crippen molar-refractivity contribution in [2.75, 3.05) is 26.8 Å². The van der Waals surface area contributed by atoms with Gasteiger partial charge in [0.1, 0.15) is 11.5 Å². The third-order valence-electron chi connectivity index (χ3n) is 5.49. The van der Waals surface area contributed by atoms with Gasteiger partial charge in [0.15, 0.2) is 11.5 Å². The fourth-order valence-electron chi connectivity index (χ4n) is 3.66. The molecule has 33 heavy (non-hydrogen) atoms. The molecule has 1 aliphatic heterocycles. The number of nitrogens with one attached hydrogen (secondary N) is 1. The third-order valence-corrected chi connectivity index (χ3v) is 5.49. The van der Waals surface area contributed by atoms with Crippen molar-refractivity contribution in [1.29, 1.82) is 0 Å². The summed E-state index contributed by atoms with van der Waals surface area (Å²) in [4.78, 5) is 27.1. The Balaban J connectivity index is 1.40. The average molecular weight is 453 g/mol. The van der Waals surface area contributed by atoms with Gasteiger partial charge >= 0.3 is 0 Å². The predicted octanol–water partition coefficient (Wildman–Crippen LogP) is 3.27. The zero-order chi connectivity index (χ0) is 23.0. The second-order valence-corrected chi connectivity index (χ2v) is 7.80. The Bertz CT molecular complexity index is 1040. The Morgan fingerprint density at radius 3 is 2.79 bits per heavy atom. The lowest BCUT2D eigenvalue weighted by molar-refractivity contribution is -0.121. The third kappa shape index (κ3) is 6.01. The van der Waals surface area contributed by atoms with E-state index in [9.17, 15) is 9.59 Å². The molecule has 1 atom stereocenters. The zero-order valence-electron chi connectivity index (χ0n) is 18.5. The summed E-state index contributed by atoms with van der Waals surface area (Å²) in [5.74, 6) is 1.41. The standard InChI is InChI=1S/C24H27N3O6/c1-30-18-8-6-17(7-9-18)22-14-21(26-33-22)24(29)27(16-20-5-3-13-32-20)11-10-23(28)25-15-19-4-2-12-31-19/h2,4,6-9,12,14,20H,3,5,10-11,13,15-16H2,1H3,(H,25,28). The molecule has 3 aromatic rings. The molecule has 0 aliphatic carbocycles. The largest absolute Gasteiger partial charge is 0.497 e. The van der Waals surface area contributed by atoms with E-state index < -0.39 is 0 Å². The minimum absolute atomic E-state index is 0.0481. The highest BCUT2D eigenvalue weighted by Gasteiger charge is 2.26. The van der Waals surface area contributed by atoms with Crippen LogP contribution in [0.3, 0.4) is 0 Å². The summed E-state index contributed by atoms with van der Waals surface area (Å²) < 4.78 is 21.5. The first-order valence-electron chi connectivity index (χ1n) is 10.9. The zero-order valence-corrected chi connectivity index (χ0v) is 18.5. The van der Waals surface area contributed by atoms with E-state index in [4.69, 9.17) is 18.4 Å². The Morgan fingerprint density at radius 2 is 2.09 bits per heavy atom. The summed E-state index contributed by atoms with van der Waals surface area (Å²) in [6.07, 6.45) is 3.50. The Labute approximate surface area is 191 Å². The lowest BCUT2D eigenvalue weighted by Gasteiger charge is -2.24. The summed E-state index contributed by atoms with van der Waals surface area (Å²) in [7, 11) is 1.60. The van der Waals surface area contributed by atoms with Crippen LogP contribution in [0.5, 0.6) is 5.75 Å². The van der Waals surface area contributed by atoms with E-state index >= 15 is 0 Å². The lowest BCUT2D eigenvalue weighted by atomic mass is 10.1. The van der Waals surface area contributed by atoms with Crippen molar-refractivity contribution in [3.05, 3.63) is 60.2 Å². The van der Waals surface area contributed by atoms with E-state index in [1.807, 2.05) is 24.3 Å². The average Bonchev–Trinajstić information content (AvgIpc) is 3.63. The quantitative estimate of drug-likeness (QED) is 0.502. The van der Waals surface area contributed by atoms with Gasteiger partial charge in [-0.2, -0.15) is 0 Å². The Kier molecular flexibility index (Phi) is 7.41. The minimum atomic E-state index is -0.298. The van der Waals surface area contributed by atoms with Crippen LogP contribution in [0.4, 0.5) is 0 Å². The summed E-state index contributed by atoms with van der Waals surface area (Å²) in [5.41, 5.74) is 0.972. The number of hydrogen-bond donors (Lipinski definition) is 1. The molecule has 1 unspecified atom stereocenters. The minimum Gasteiger partial charge on any atom is -0.497 e. The molecule has 3 heterocycles. The predicted molar refractivity (Wildman–Crippen MR) is 119 cm³/mol. The van der Waals surface area contributed by atoms with Gasteiger partial charge in [0.25, 0.3) is 5.91 Å². The normalized spacial score (nSPS) is 15.4. The molecule has 0 saturated carbocycles. The number of ether oxygens (including phenoxy) is 2. The molecule has 1 fully saturated rings. The first-order chi connectivity index (χ1) is 16.1. The van der Waals surface area contributed by atoms with Crippen molar-refractivity contribution in [3.8, 4) is 17.1 Å². The summed E-state index contributed by atoms with van der Waals surface area (Å²) in [5, 5.41) is 6.78. The van der Waals surface area contributed by atoms with Gasteiger partial charge in [0.05, 0.1) is 26.0 Å². The van der Waals surface area contributed by atoms with Gasteiger partial charge in [-0.1, -0.05) is 5.16 Å². The van der Waals surface area contributed by atoms with Gasteiger partial charge in [-0.05, 0) is 49.2 Å². The summed E-state index contributed by atoms with van der Waals surface area (Å²) in [6, 6.07) is 12.5. The summed E-state index contributed by atoms with van der Waals surface area (Å²) >= 11 is 0. The Hall–Kier alpha value is -3.59. The van der Waals surface area contributed by atoms with Crippen molar-refractivity contribution >= 4 is 11.8 Å². The molecule has 1 aromatic carbocycles. The van der Waals surface area contributed by atoms with E-state index in [0.29, 0.717) is 31.2 Å². The number of carbonyl (C=O) groups excluding carboxylic acids is 2. The number of benzene rings is 1. The van der Waals surface area contributed by atoms with Crippen LogP contribution in [0, 0.1) is 0 Å². The van der Waals surface area contributed by atoms with Gasteiger partial charge in [-0.15, -0.1) is 0 Å². The van der Waals surface area contributed by atoms with Crippen LogP contribution in [-0.4, -0.2) is 54.8 Å². The second kappa shape index (κ2) is 10.8. The number of aromatic nitrogens is 1.